The number of carbonyl (C=O) groups excluding carboxylic acids is 1. The first-order valence-electron chi connectivity index (χ1n) is 6.63. The highest BCUT2D eigenvalue weighted by Gasteiger charge is 2.09. The number of ether oxygens (including phenoxy) is 1. The first-order valence-corrected chi connectivity index (χ1v) is 6.63. The van der Waals surface area contributed by atoms with Gasteiger partial charge in [-0.2, -0.15) is 5.10 Å². The van der Waals surface area contributed by atoms with Crippen LogP contribution in [0.3, 0.4) is 0 Å². The Labute approximate surface area is 119 Å². The van der Waals surface area contributed by atoms with Crippen molar-refractivity contribution in [2.75, 3.05) is 26.7 Å². The van der Waals surface area contributed by atoms with Gasteiger partial charge < -0.3 is 14.7 Å². The number of phenolic OH excluding ortho intramolecular Hbond substituents is 1. The van der Waals surface area contributed by atoms with Gasteiger partial charge in [0.1, 0.15) is 0 Å². The molecule has 6 heteroatoms. The van der Waals surface area contributed by atoms with Crippen LogP contribution in [0.5, 0.6) is 11.5 Å². The minimum absolute atomic E-state index is 0.00219. The summed E-state index contributed by atoms with van der Waals surface area (Å²) in [6, 6.07) is 5.07. The van der Waals surface area contributed by atoms with Crippen LogP contribution in [0.25, 0.3) is 0 Å². The molecule has 6 nitrogen and oxygen atoms in total. The molecule has 0 heterocycles. The molecule has 110 valence electrons. The molecule has 1 aromatic rings. The molecule has 1 rings (SSSR count). The fourth-order valence-electron chi connectivity index (χ4n) is 1.75. The fourth-order valence-corrected chi connectivity index (χ4v) is 1.75. The van der Waals surface area contributed by atoms with Crippen LogP contribution in [0.2, 0.25) is 0 Å². The first-order chi connectivity index (χ1) is 9.62. The third-order valence-electron chi connectivity index (χ3n) is 3.05. The number of hydrogen-bond donors (Lipinski definition) is 3. The van der Waals surface area contributed by atoms with Crippen LogP contribution < -0.4 is 15.1 Å². The summed E-state index contributed by atoms with van der Waals surface area (Å²) < 4.78 is 4.99. The summed E-state index contributed by atoms with van der Waals surface area (Å²) in [5.74, 6) is 0.220. The van der Waals surface area contributed by atoms with Gasteiger partial charge in [0.25, 0.3) is 5.91 Å². The van der Waals surface area contributed by atoms with E-state index in [-0.39, 0.29) is 11.7 Å². The number of carbonyl (C=O) groups is 1. The molecule has 3 N–H and O–H groups in total. The standard InChI is InChI=1S/C14H21N3O3/c1-4-17(5-2)10-13(18)16-15-9-11-7-6-8-12(20-3)14(11)19/h6-9,19H,4-5,10H2,1-3H3,(H,16,18)/p+1/b15-9+. The smallest absolute Gasteiger partial charge is 0.295 e. The summed E-state index contributed by atoms with van der Waals surface area (Å²) in [7, 11) is 1.48. The quantitative estimate of drug-likeness (QED) is 0.477. The summed E-state index contributed by atoms with van der Waals surface area (Å²) in [6.07, 6.45) is 1.40. The average molecular weight is 280 g/mol. The number of phenols is 1. The molecule has 0 spiro atoms. The van der Waals surface area contributed by atoms with Crippen molar-refractivity contribution in [1.29, 1.82) is 0 Å². The number of likely N-dealkylation sites (N-methyl/N-ethyl adjacent to an activating group) is 1. The average Bonchev–Trinajstić information content (AvgIpc) is 2.46. The molecule has 0 aliphatic heterocycles. The zero-order chi connectivity index (χ0) is 15.0. The topological polar surface area (TPSA) is 75.4 Å². The van der Waals surface area contributed by atoms with Crippen LogP contribution in [-0.4, -0.2) is 44.0 Å². The SMILES string of the molecule is CC[NH+](CC)CC(=O)N/N=C/c1cccc(OC)c1O. The Kier molecular flexibility index (Phi) is 6.52. The zero-order valence-corrected chi connectivity index (χ0v) is 12.1. The number of para-hydroxylation sites is 1. The molecular weight excluding hydrogens is 258 g/mol. The third kappa shape index (κ3) is 4.55. The Balaban J connectivity index is 2.59. The lowest BCUT2D eigenvalue weighted by molar-refractivity contribution is -0.888. The van der Waals surface area contributed by atoms with Crippen LogP contribution in [0, 0.1) is 0 Å². The van der Waals surface area contributed by atoms with Gasteiger partial charge in [-0.3, -0.25) is 4.79 Å². The van der Waals surface area contributed by atoms with E-state index in [1.807, 2.05) is 13.8 Å². The molecule has 1 amide bonds. The molecule has 1 aromatic carbocycles. The van der Waals surface area contributed by atoms with Gasteiger partial charge in [0, 0.05) is 5.56 Å². The van der Waals surface area contributed by atoms with Crippen LogP contribution in [-0.2, 0) is 4.79 Å². The molecule has 0 aliphatic rings. The van der Waals surface area contributed by atoms with E-state index < -0.39 is 0 Å². The Bertz CT molecular complexity index is 471. The fraction of sp³-hybridized carbons (Fsp3) is 0.429. The van der Waals surface area contributed by atoms with Crippen LogP contribution in [0.1, 0.15) is 19.4 Å². The second-order valence-corrected chi connectivity index (χ2v) is 4.33. The zero-order valence-electron chi connectivity index (χ0n) is 12.1. The minimum atomic E-state index is -0.151. The second kappa shape index (κ2) is 8.16. The normalized spacial score (nSPS) is 11.0. The number of benzene rings is 1. The van der Waals surface area contributed by atoms with Crippen LogP contribution >= 0.6 is 0 Å². The molecule has 0 saturated heterocycles. The number of hydrogen-bond acceptors (Lipinski definition) is 4. The first kappa shape index (κ1) is 16.0. The van der Waals surface area contributed by atoms with Gasteiger partial charge in [-0.05, 0) is 26.0 Å². The van der Waals surface area contributed by atoms with E-state index in [1.165, 1.54) is 18.2 Å². The van der Waals surface area contributed by atoms with Crippen molar-refractivity contribution in [3.63, 3.8) is 0 Å². The van der Waals surface area contributed by atoms with E-state index in [4.69, 9.17) is 4.74 Å². The van der Waals surface area contributed by atoms with Crippen LogP contribution in [0.15, 0.2) is 23.3 Å². The van der Waals surface area contributed by atoms with E-state index in [9.17, 15) is 9.90 Å². The van der Waals surface area contributed by atoms with Crippen molar-refractivity contribution >= 4 is 12.1 Å². The molecular formula is C14H22N3O3+. The van der Waals surface area contributed by atoms with Crippen molar-refractivity contribution in [3.8, 4) is 11.5 Å². The van der Waals surface area contributed by atoms with Gasteiger partial charge in [0.05, 0.1) is 26.4 Å². The molecule has 0 saturated carbocycles. The number of hydrazone groups is 1. The summed E-state index contributed by atoms with van der Waals surface area (Å²) in [6.45, 7) is 6.23. The maximum atomic E-state index is 11.6. The van der Waals surface area contributed by atoms with Crippen molar-refractivity contribution in [1.82, 2.24) is 5.43 Å². The molecule has 0 aliphatic carbocycles. The maximum absolute atomic E-state index is 11.6. The highest BCUT2D eigenvalue weighted by Crippen LogP contribution is 2.27. The summed E-state index contributed by atoms with van der Waals surface area (Å²) in [5.41, 5.74) is 2.94. The molecule has 0 fully saturated rings. The maximum Gasteiger partial charge on any atom is 0.295 e. The van der Waals surface area contributed by atoms with Gasteiger partial charge in [-0.15, -0.1) is 0 Å². The van der Waals surface area contributed by atoms with Crippen molar-refractivity contribution in [3.05, 3.63) is 23.8 Å². The lowest BCUT2D eigenvalue weighted by Crippen LogP contribution is -3.12. The molecule has 0 radical (unpaired) electrons. The Morgan fingerprint density at radius 1 is 1.45 bits per heavy atom. The molecule has 0 atom stereocenters. The largest absolute Gasteiger partial charge is 0.504 e. The van der Waals surface area contributed by atoms with E-state index in [0.29, 0.717) is 17.9 Å². The van der Waals surface area contributed by atoms with Crippen molar-refractivity contribution < 1.29 is 19.5 Å². The molecule has 0 bridgehead atoms. The number of nitrogens with one attached hydrogen (secondary N) is 2. The van der Waals surface area contributed by atoms with Gasteiger partial charge in [-0.25, -0.2) is 5.43 Å². The highest BCUT2D eigenvalue weighted by molar-refractivity contribution is 5.86. The van der Waals surface area contributed by atoms with Gasteiger partial charge in [-0.1, -0.05) is 6.07 Å². The highest BCUT2D eigenvalue weighted by atomic mass is 16.5. The number of rotatable bonds is 7. The lowest BCUT2D eigenvalue weighted by Gasteiger charge is -2.13. The number of methoxy groups -OCH3 is 1. The Morgan fingerprint density at radius 2 is 2.15 bits per heavy atom. The van der Waals surface area contributed by atoms with E-state index in [1.54, 1.807) is 18.2 Å². The van der Waals surface area contributed by atoms with Crippen LogP contribution in [0.4, 0.5) is 0 Å². The third-order valence-corrected chi connectivity index (χ3v) is 3.05. The number of quaternary nitrogens is 1. The molecule has 0 aromatic heterocycles. The number of amides is 1. The molecule has 20 heavy (non-hydrogen) atoms. The number of nitrogens with zero attached hydrogens (tertiary/aromatic N) is 1. The van der Waals surface area contributed by atoms with E-state index in [2.05, 4.69) is 10.5 Å². The lowest BCUT2D eigenvalue weighted by atomic mass is 10.2. The van der Waals surface area contributed by atoms with E-state index in [0.717, 1.165) is 13.1 Å². The van der Waals surface area contributed by atoms with Crippen molar-refractivity contribution in [2.24, 2.45) is 5.10 Å². The predicted molar refractivity (Wildman–Crippen MR) is 77.3 cm³/mol. The van der Waals surface area contributed by atoms with Gasteiger partial charge >= 0.3 is 0 Å². The van der Waals surface area contributed by atoms with Crippen molar-refractivity contribution in [2.45, 2.75) is 13.8 Å². The predicted octanol–water partition coefficient (Wildman–Crippen LogP) is -0.224. The summed E-state index contributed by atoms with van der Waals surface area (Å²) >= 11 is 0. The molecule has 0 unspecified atom stereocenters. The summed E-state index contributed by atoms with van der Waals surface area (Å²) in [4.78, 5) is 12.8. The second-order valence-electron chi connectivity index (χ2n) is 4.33. The van der Waals surface area contributed by atoms with Gasteiger partial charge in [0.2, 0.25) is 0 Å². The van der Waals surface area contributed by atoms with Gasteiger partial charge in [0.15, 0.2) is 18.0 Å². The Hall–Kier alpha value is -2.08. The minimum Gasteiger partial charge on any atom is -0.504 e. The van der Waals surface area contributed by atoms with E-state index >= 15 is 0 Å². The monoisotopic (exact) mass is 280 g/mol. The summed E-state index contributed by atoms with van der Waals surface area (Å²) in [5, 5.41) is 13.7. The number of aromatic hydroxyl groups is 1. The Morgan fingerprint density at radius 3 is 2.75 bits per heavy atom.